The van der Waals surface area contributed by atoms with E-state index >= 15 is 0 Å². The third-order valence-corrected chi connectivity index (χ3v) is 7.43. The minimum absolute atomic E-state index is 0.0340. The Balaban J connectivity index is 2.05. The second-order valence-corrected chi connectivity index (χ2v) is 12.0. The van der Waals surface area contributed by atoms with Crippen molar-refractivity contribution in [1.29, 1.82) is 0 Å². The molecule has 0 aromatic heterocycles. The molecule has 3 rings (SSSR count). The Morgan fingerprint density at radius 1 is 0.943 bits per heavy atom. The molecule has 186 valence electrons. The van der Waals surface area contributed by atoms with Gasteiger partial charge in [0.15, 0.2) is 5.75 Å². The highest BCUT2D eigenvalue weighted by molar-refractivity contribution is 14.1. The molecule has 7 nitrogen and oxygen atoms in total. The van der Waals surface area contributed by atoms with Gasteiger partial charge in [-0.25, -0.2) is 9.59 Å². The van der Waals surface area contributed by atoms with Gasteiger partial charge in [-0.1, -0.05) is 24.3 Å². The van der Waals surface area contributed by atoms with E-state index in [2.05, 4.69) is 27.3 Å². The maximum absolute atomic E-state index is 13.3. The van der Waals surface area contributed by atoms with E-state index in [4.69, 9.17) is 9.29 Å². The molecule has 3 aromatic carbocycles. The minimum atomic E-state index is -5.27. The largest absolute Gasteiger partial charge is 0.448 e. The van der Waals surface area contributed by atoms with E-state index in [9.17, 15) is 31.2 Å². The van der Waals surface area contributed by atoms with Gasteiger partial charge in [0.2, 0.25) is 6.10 Å². The van der Waals surface area contributed by atoms with Gasteiger partial charge in [0, 0.05) is 8.96 Å². The van der Waals surface area contributed by atoms with Gasteiger partial charge >= 0.3 is 18.1 Å². The first kappa shape index (κ1) is 28.3. The smallest absolute Gasteiger partial charge is 0.426 e. The van der Waals surface area contributed by atoms with Crippen LogP contribution in [0.4, 0.5) is 13.2 Å². The van der Waals surface area contributed by atoms with Crippen LogP contribution in [0.2, 0.25) is 0 Å². The number of hydrogen-bond donors (Lipinski definition) is 1. The molecule has 0 amide bonds. The lowest BCUT2D eigenvalue weighted by Gasteiger charge is -2.20. The van der Waals surface area contributed by atoms with Crippen molar-refractivity contribution in [3.63, 3.8) is 0 Å². The summed E-state index contributed by atoms with van der Waals surface area (Å²) in [5.41, 5.74) is -0.523. The van der Waals surface area contributed by atoms with Crippen molar-refractivity contribution in [2.24, 2.45) is 0 Å². The number of alkyl halides is 3. The highest BCUT2D eigenvalue weighted by Gasteiger charge is 2.45. The summed E-state index contributed by atoms with van der Waals surface area (Å²) in [4.78, 5) is 25.8. The minimum Gasteiger partial charge on any atom is -0.448 e. The predicted octanol–water partition coefficient (Wildman–Crippen LogP) is 5.85. The van der Waals surface area contributed by atoms with Crippen LogP contribution in [0, 0.1) is 10.7 Å². The van der Waals surface area contributed by atoms with Gasteiger partial charge in [-0.2, -0.15) is 21.6 Å². The first-order chi connectivity index (χ1) is 16.2. The summed E-state index contributed by atoms with van der Waals surface area (Å²) in [6.45, 7) is 0. The highest BCUT2D eigenvalue weighted by Crippen LogP contribution is 2.32. The zero-order chi connectivity index (χ0) is 26.1. The molecular formula is C21H12F3I3O7S. The molecular weight excluding hydrogens is 834 g/mol. The summed E-state index contributed by atoms with van der Waals surface area (Å²) < 4.78 is 82.9. The Kier molecular flexibility index (Phi) is 8.91. The Labute approximate surface area is 237 Å². The maximum atomic E-state index is 13.3. The SMILES string of the molecule is O=C(Oc1c(I)cc(I)cc1I)c1cccc2cccc(C(=O)OC(CS(=O)(=O)O)C(F)(F)F)c12. The number of hydrogen-bond acceptors (Lipinski definition) is 6. The third kappa shape index (κ3) is 7.16. The van der Waals surface area contributed by atoms with Crippen LogP contribution in [0.15, 0.2) is 48.5 Å². The standard InChI is InChI=1S/C21H12F3I3O7S/c22-21(23,24)16(9-35(30,31)32)33-19(28)12-5-1-3-10-4-2-6-13(17(10)12)20(29)34-18-14(26)7-11(25)8-15(18)27/h1-8,16H,9H2,(H,30,31,32). The topological polar surface area (TPSA) is 107 Å². The van der Waals surface area contributed by atoms with Crippen LogP contribution < -0.4 is 4.74 Å². The molecule has 0 heterocycles. The van der Waals surface area contributed by atoms with E-state index in [-0.39, 0.29) is 16.7 Å². The molecule has 1 atom stereocenters. The molecule has 0 aliphatic rings. The van der Waals surface area contributed by atoms with Gasteiger partial charge < -0.3 is 9.47 Å². The van der Waals surface area contributed by atoms with E-state index in [1.807, 2.05) is 45.2 Å². The van der Waals surface area contributed by atoms with Crippen molar-refractivity contribution in [2.45, 2.75) is 12.3 Å². The first-order valence-corrected chi connectivity index (χ1v) is 14.1. The molecule has 0 radical (unpaired) electrons. The normalized spacial score (nSPS) is 12.9. The molecule has 35 heavy (non-hydrogen) atoms. The number of ether oxygens (including phenoxy) is 2. The zero-order valence-corrected chi connectivity index (χ0v) is 24.3. The zero-order valence-electron chi connectivity index (χ0n) is 17.0. The monoisotopic (exact) mass is 846 g/mol. The molecule has 14 heteroatoms. The van der Waals surface area contributed by atoms with E-state index in [1.165, 1.54) is 30.3 Å². The summed E-state index contributed by atoms with van der Waals surface area (Å²) >= 11 is 6.09. The van der Waals surface area contributed by atoms with E-state index in [0.29, 0.717) is 12.5 Å². The van der Waals surface area contributed by atoms with E-state index in [1.54, 1.807) is 12.1 Å². The molecule has 3 aromatic rings. The summed E-state index contributed by atoms with van der Waals surface area (Å²) in [5.74, 6) is -3.98. The van der Waals surface area contributed by atoms with Gasteiger partial charge in [-0.05, 0) is 97.4 Å². The van der Waals surface area contributed by atoms with Crippen molar-refractivity contribution in [2.75, 3.05) is 5.75 Å². The van der Waals surface area contributed by atoms with E-state index in [0.717, 1.165) is 9.64 Å². The second-order valence-electron chi connectivity index (χ2n) is 6.98. The second kappa shape index (κ2) is 11.0. The number of rotatable bonds is 6. The Bertz CT molecular complexity index is 1400. The average molecular weight is 846 g/mol. The molecule has 0 fully saturated rings. The lowest BCUT2D eigenvalue weighted by Crippen LogP contribution is -2.39. The molecule has 1 unspecified atom stereocenters. The van der Waals surface area contributed by atoms with Crippen LogP contribution in [-0.2, 0) is 14.9 Å². The molecule has 0 bridgehead atoms. The number of benzene rings is 3. The fourth-order valence-corrected chi connectivity index (χ4v) is 7.48. The molecule has 0 saturated heterocycles. The van der Waals surface area contributed by atoms with Crippen LogP contribution in [-0.4, -0.2) is 42.9 Å². The number of halogens is 6. The van der Waals surface area contributed by atoms with Gasteiger partial charge in [0.05, 0.1) is 18.3 Å². The quantitative estimate of drug-likeness (QED) is 0.144. The number of carbonyl (C=O) groups excluding carboxylic acids is 2. The van der Waals surface area contributed by atoms with Gasteiger partial charge in [-0.3, -0.25) is 4.55 Å². The highest BCUT2D eigenvalue weighted by atomic mass is 127. The molecule has 0 aliphatic heterocycles. The van der Waals surface area contributed by atoms with Crippen molar-refractivity contribution < 1.29 is 45.2 Å². The summed E-state index contributed by atoms with van der Waals surface area (Å²) in [5, 5.41) is 0.299. The first-order valence-electron chi connectivity index (χ1n) is 9.28. The van der Waals surface area contributed by atoms with Crippen LogP contribution in [0.1, 0.15) is 20.7 Å². The van der Waals surface area contributed by atoms with Crippen molar-refractivity contribution in [3.8, 4) is 5.75 Å². The molecule has 0 spiro atoms. The Hall–Kier alpha value is -1.25. The number of fused-ring (bicyclic) bond motifs is 1. The Morgan fingerprint density at radius 2 is 1.46 bits per heavy atom. The van der Waals surface area contributed by atoms with Gasteiger partial charge in [-0.15, -0.1) is 0 Å². The lowest BCUT2D eigenvalue weighted by atomic mass is 9.99. The Morgan fingerprint density at radius 3 is 1.94 bits per heavy atom. The third-order valence-electron chi connectivity index (χ3n) is 4.48. The fourth-order valence-electron chi connectivity index (χ4n) is 3.03. The number of esters is 2. The van der Waals surface area contributed by atoms with Crippen LogP contribution in [0.3, 0.4) is 0 Å². The maximum Gasteiger partial charge on any atom is 0.426 e. The van der Waals surface area contributed by atoms with Crippen molar-refractivity contribution in [3.05, 3.63) is 70.4 Å². The van der Waals surface area contributed by atoms with Crippen LogP contribution in [0.5, 0.6) is 5.75 Å². The van der Waals surface area contributed by atoms with Crippen molar-refractivity contribution in [1.82, 2.24) is 0 Å². The number of carbonyl (C=O) groups is 2. The predicted molar refractivity (Wildman–Crippen MR) is 145 cm³/mol. The van der Waals surface area contributed by atoms with Crippen LogP contribution >= 0.6 is 67.8 Å². The van der Waals surface area contributed by atoms with Crippen molar-refractivity contribution >= 4 is 101 Å². The fraction of sp³-hybridized carbons (Fsp3) is 0.143. The molecule has 0 aliphatic carbocycles. The van der Waals surface area contributed by atoms with Gasteiger partial charge in [0.25, 0.3) is 10.1 Å². The summed E-state index contributed by atoms with van der Waals surface area (Å²) in [7, 11) is -5.12. The molecule has 1 N–H and O–H groups in total. The van der Waals surface area contributed by atoms with Crippen LogP contribution in [0.25, 0.3) is 10.8 Å². The van der Waals surface area contributed by atoms with E-state index < -0.39 is 45.7 Å². The summed E-state index contributed by atoms with van der Waals surface area (Å²) in [6, 6.07) is 12.0. The lowest BCUT2D eigenvalue weighted by molar-refractivity contribution is -0.197. The average Bonchev–Trinajstić information content (AvgIpc) is 2.73. The summed E-state index contributed by atoms with van der Waals surface area (Å²) in [6.07, 6.45) is -8.38. The molecule has 0 saturated carbocycles. The van der Waals surface area contributed by atoms with Gasteiger partial charge in [0.1, 0.15) is 5.75 Å².